The smallest absolute Gasteiger partial charge is 0.0483 e. The van der Waals surface area contributed by atoms with Crippen LogP contribution in [0.3, 0.4) is 0 Å². The molecule has 1 saturated heterocycles. The maximum Gasteiger partial charge on any atom is 0.0483 e. The molecule has 0 aromatic carbocycles. The standard InChI is InChI=1S/C7H14N2/c1-9-5-8-6-3-2-4-7(6)9/h6-8H,2-5H2,1H3/t6-,7+/m1/s1. The van der Waals surface area contributed by atoms with Crippen LogP contribution < -0.4 is 5.32 Å². The van der Waals surface area contributed by atoms with Crippen molar-refractivity contribution in [2.45, 2.75) is 31.3 Å². The summed E-state index contributed by atoms with van der Waals surface area (Å²) in [7, 11) is 2.21. The average molecular weight is 126 g/mol. The number of hydrogen-bond acceptors (Lipinski definition) is 2. The van der Waals surface area contributed by atoms with Gasteiger partial charge in [0.1, 0.15) is 0 Å². The van der Waals surface area contributed by atoms with Gasteiger partial charge in [0.15, 0.2) is 0 Å². The molecule has 0 unspecified atom stereocenters. The number of nitrogens with zero attached hydrogens (tertiary/aromatic N) is 1. The van der Waals surface area contributed by atoms with E-state index in [0.29, 0.717) is 0 Å². The van der Waals surface area contributed by atoms with Crippen LogP contribution in [-0.2, 0) is 0 Å². The van der Waals surface area contributed by atoms with Gasteiger partial charge in [-0.1, -0.05) is 6.42 Å². The fraction of sp³-hybridized carbons (Fsp3) is 1.00. The van der Waals surface area contributed by atoms with E-state index in [-0.39, 0.29) is 0 Å². The molecule has 2 rings (SSSR count). The second kappa shape index (κ2) is 1.96. The minimum atomic E-state index is 0.829. The zero-order valence-electron chi connectivity index (χ0n) is 5.93. The van der Waals surface area contributed by atoms with Gasteiger partial charge in [0.25, 0.3) is 0 Å². The van der Waals surface area contributed by atoms with Crippen molar-refractivity contribution in [3.63, 3.8) is 0 Å². The summed E-state index contributed by atoms with van der Waals surface area (Å²) in [5.41, 5.74) is 0. The van der Waals surface area contributed by atoms with Gasteiger partial charge in [0.05, 0.1) is 0 Å². The Morgan fingerprint density at radius 1 is 1.44 bits per heavy atom. The van der Waals surface area contributed by atoms with Crippen molar-refractivity contribution in [3.8, 4) is 0 Å². The molecule has 2 atom stereocenters. The monoisotopic (exact) mass is 126 g/mol. The quantitative estimate of drug-likeness (QED) is 0.505. The summed E-state index contributed by atoms with van der Waals surface area (Å²) in [5.74, 6) is 0. The predicted molar refractivity (Wildman–Crippen MR) is 37.2 cm³/mol. The van der Waals surface area contributed by atoms with E-state index in [1.54, 1.807) is 0 Å². The summed E-state index contributed by atoms with van der Waals surface area (Å²) in [6.45, 7) is 1.11. The van der Waals surface area contributed by atoms with E-state index in [2.05, 4.69) is 17.3 Å². The molecule has 2 heteroatoms. The molecule has 0 bridgehead atoms. The number of rotatable bonds is 0. The van der Waals surface area contributed by atoms with Crippen LogP contribution in [0.5, 0.6) is 0 Å². The van der Waals surface area contributed by atoms with Crippen molar-refractivity contribution >= 4 is 0 Å². The van der Waals surface area contributed by atoms with E-state index in [1.165, 1.54) is 19.3 Å². The second-order valence-corrected chi connectivity index (χ2v) is 3.22. The Hall–Kier alpha value is -0.0800. The normalized spacial score (nSPS) is 43.7. The maximum atomic E-state index is 3.49. The zero-order valence-corrected chi connectivity index (χ0v) is 5.93. The third kappa shape index (κ3) is 0.775. The Labute approximate surface area is 56.2 Å². The highest BCUT2D eigenvalue weighted by molar-refractivity contribution is 4.93. The minimum absolute atomic E-state index is 0.829. The molecule has 0 aromatic rings. The molecule has 1 aliphatic carbocycles. The van der Waals surface area contributed by atoms with Crippen LogP contribution in [0.15, 0.2) is 0 Å². The molecule has 0 amide bonds. The van der Waals surface area contributed by atoms with Crippen molar-refractivity contribution in [1.82, 2.24) is 10.2 Å². The van der Waals surface area contributed by atoms with Crippen molar-refractivity contribution in [2.75, 3.05) is 13.7 Å². The summed E-state index contributed by atoms with van der Waals surface area (Å²) in [6.07, 6.45) is 4.23. The highest BCUT2D eigenvalue weighted by Crippen LogP contribution is 2.26. The van der Waals surface area contributed by atoms with Gasteiger partial charge in [-0.05, 0) is 19.9 Å². The van der Waals surface area contributed by atoms with E-state index in [0.717, 1.165) is 18.8 Å². The van der Waals surface area contributed by atoms with Gasteiger partial charge in [0.2, 0.25) is 0 Å². The lowest BCUT2D eigenvalue weighted by Crippen LogP contribution is -2.28. The Kier molecular flexibility index (Phi) is 1.24. The highest BCUT2D eigenvalue weighted by atomic mass is 15.3. The summed E-state index contributed by atoms with van der Waals surface area (Å²) in [4.78, 5) is 2.43. The van der Waals surface area contributed by atoms with Crippen LogP contribution in [0.4, 0.5) is 0 Å². The molecule has 1 aliphatic heterocycles. The zero-order chi connectivity index (χ0) is 6.27. The SMILES string of the molecule is CN1CN[C@@H]2CCC[C@@H]21. The first-order valence-corrected chi connectivity index (χ1v) is 3.81. The van der Waals surface area contributed by atoms with E-state index >= 15 is 0 Å². The molecule has 9 heavy (non-hydrogen) atoms. The lowest BCUT2D eigenvalue weighted by atomic mass is 10.2. The molecule has 0 radical (unpaired) electrons. The largest absolute Gasteiger partial charge is 0.300 e. The highest BCUT2D eigenvalue weighted by Gasteiger charge is 2.34. The Bertz CT molecular complexity index is 113. The van der Waals surface area contributed by atoms with Crippen LogP contribution in [0.1, 0.15) is 19.3 Å². The van der Waals surface area contributed by atoms with Crippen molar-refractivity contribution < 1.29 is 0 Å². The molecule has 2 aliphatic rings. The van der Waals surface area contributed by atoms with Crippen LogP contribution >= 0.6 is 0 Å². The van der Waals surface area contributed by atoms with E-state index in [4.69, 9.17) is 0 Å². The third-order valence-electron chi connectivity index (χ3n) is 2.65. The summed E-state index contributed by atoms with van der Waals surface area (Å²) in [5, 5.41) is 3.49. The van der Waals surface area contributed by atoms with Gasteiger partial charge in [-0.25, -0.2) is 0 Å². The average Bonchev–Trinajstić information content (AvgIpc) is 2.35. The van der Waals surface area contributed by atoms with Crippen LogP contribution in [0.25, 0.3) is 0 Å². The number of likely N-dealkylation sites (N-methyl/N-ethyl adjacent to an activating group) is 1. The van der Waals surface area contributed by atoms with Crippen molar-refractivity contribution in [1.29, 1.82) is 0 Å². The molecular formula is C7H14N2. The van der Waals surface area contributed by atoms with E-state index in [1.807, 2.05) is 0 Å². The van der Waals surface area contributed by atoms with Crippen LogP contribution in [0.2, 0.25) is 0 Å². The third-order valence-corrected chi connectivity index (χ3v) is 2.65. The molecule has 1 saturated carbocycles. The molecule has 52 valence electrons. The summed E-state index contributed by atoms with van der Waals surface area (Å²) >= 11 is 0. The molecule has 0 spiro atoms. The molecule has 2 nitrogen and oxygen atoms in total. The van der Waals surface area contributed by atoms with Crippen LogP contribution in [0, 0.1) is 0 Å². The van der Waals surface area contributed by atoms with E-state index in [9.17, 15) is 0 Å². The summed E-state index contributed by atoms with van der Waals surface area (Å²) in [6, 6.07) is 1.69. The first-order valence-electron chi connectivity index (χ1n) is 3.81. The fourth-order valence-electron chi connectivity index (χ4n) is 2.08. The predicted octanol–water partition coefficient (Wildman–Crippen LogP) is 0.400. The Morgan fingerprint density at radius 3 is 3.11 bits per heavy atom. The molecule has 1 heterocycles. The topological polar surface area (TPSA) is 15.3 Å². The minimum Gasteiger partial charge on any atom is -0.300 e. The van der Waals surface area contributed by atoms with Gasteiger partial charge in [-0.15, -0.1) is 0 Å². The van der Waals surface area contributed by atoms with Gasteiger partial charge >= 0.3 is 0 Å². The molecule has 0 aromatic heterocycles. The first kappa shape index (κ1) is 5.69. The Morgan fingerprint density at radius 2 is 2.33 bits per heavy atom. The van der Waals surface area contributed by atoms with Crippen molar-refractivity contribution in [2.24, 2.45) is 0 Å². The number of fused-ring (bicyclic) bond motifs is 1. The van der Waals surface area contributed by atoms with Crippen molar-refractivity contribution in [3.05, 3.63) is 0 Å². The van der Waals surface area contributed by atoms with E-state index < -0.39 is 0 Å². The number of nitrogens with one attached hydrogen (secondary N) is 1. The van der Waals surface area contributed by atoms with Gasteiger partial charge < -0.3 is 0 Å². The molecule has 2 fully saturated rings. The number of hydrogen-bond donors (Lipinski definition) is 1. The fourth-order valence-corrected chi connectivity index (χ4v) is 2.08. The molecular weight excluding hydrogens is 112 g/mol. The van der Waals surface area contributed by atoms with Crippen LogP contribution in [-0.4, -0.2) is 30.7 Å². The lowest BCUT2D eigenvalue weighted by molar-refractivity contribution is 0.308. The summed E-state index contributed by atoms with van der Waals surface area (Å²) < 4.78 is 0. The van der Waals surface area contributed by atoms with Gasteiger partial charge in [-0.2, -0.15) is 0 Å². The Balaban J connectivity index is 2.07. The maximum absolute atomic E-state index is 3.49. The van der Waals surface area contributed by atoms with Gasteiger partial charge in [-0.3, -0.25) is 10.2 Å². The molecule has 1 N–H and O–H groups in total. The first-order chi connectivity index (χ1) is 4.38. The second-order valence-electron chi connectivity index (χ2n) is 3.22. The lowest BCUT2D eigenvalue weighted by Gasteiger charge is -2.15. The van der Waals surface area contributed by atoms with Gasteiger partial charge in [0, 0.05) is 18.8 Å².